The molecule has 0 aliphatic rings. The molecule has 0 fully saturated rings. The van der Waals surface area contributed by atoms with Crippen molar-refractivity contribution in [1.29, 1.82) is 0 Å². The molecule has 1 N–H and O–H groups in total. The molecule has 0 aromatic heterocycles. The molecule has 0 aliphatic heterocycles. The Kier molecular flexibility index (Phi) is 6.10. The number of halogens is 1. The van der Waals surface area contributed by atoms with E-state index in [1.165, 1.54) is 17.5 Å². The summed E-state index contributed by atoms with van der Waals surface area (Å²) in [5.74, 6) is 0.487. The van der Waals surface area contributed by atoms with Crippen molar-refractivity contribution in [2.45, 2.75) is 25.7 Å². The normalized spacial score (nSPS) is 12.3. The van der Waals surface area contributed by atoms with Crippen molar-refractivity contribution in [2.75, 3.05) is 13.1 Å². The molecule has 0 spiro atoms. The van der Waals surface area contributed by atoms with Crippen molar-refractivity contribution in [2.24, 2.45) is 0 Å². The highest BCUT2D eigenvalue weighted by atomic mass is 35.5. The molecule has 106 valence electrons. The van der Waals surface area contributed by atoms with Gasteiger partial charge in [0.2, 0.25) is 0 Å². The van der Waals surface area contributed by atoms with E-state index < -0.39 is 0 Å². The second-order valence-corrected chi connectivity index (χ2v) is 5.58. The average molecular weight is 288 g/mol. The van der Waals surface area contributed by atoms with Crippen LogP contribution in [-0.2, 0) is 6.42 Å². The third-order valence-electron chi connectivity index (χ3n) is 3.48. The molecule has 1 atom stereocenters. The minimum Gasteiger partial charge on any atom is -0.316 e. The van der Waals surface area contributed by atoms with Crippen LogP contribution < -0.4 is 5.32 Å². The SMILES string of the molecule is CCCNCC(Cc1ccccc1)c1ccc(Cl)cc1. The third-order valence-corrected chi connectivity index (χ3v) is 3.74. The summed E-state index contributed by atoms with van der Waals surface area (Å²) >= 11 is 5.99. The van der Waals surface area contributed by atoms with Crippen LogP contribution in [0.5, 0.6) is 0 Å². The summed E-state index contributed by atoms with van der Waals surface area (Å²) in [4.78, 5) is 0. The zero-order valence-electron chi connectivity index (χ0n) is 12.0. The second-order valence-electron chi connectivity index (χ2n) is 5.14. The van der Waals surface area contributed by atoms with Crippen LogP contribution in [0.2, 0.25) is 5.02 Å². The van der Waals surface area contributed by atoms with Gasteiger partial charge in [-0.1, -0.05) is 61.0 Å². The van der Waals surface area contributed by atoms with E-state index in [2.05, 4.69) is 54.7 Å². The minimum atomic E-state index is 0.487. The Morgan fingerprint density at radius 2 is 1.70 bits per heavy atom. The van der Waals surface area contributed by atoms with Crippen molar-refractivity contribution >= 4 is 11.6 Å². The lowest BCUT2D eigenvalue weighted by atomic mass is 9.92. The summed E-state index contributed by atoms with van der Waals surface area (Å²) in [6.45, 7) is 4.27. The van der Waals surface area contributed by atoms with Crippen LogP contribution in [-0.4, -0.2) is 13.1 Å². The van der Waals surface area contributed by atoms with E-state index in [-0.39, 0.29) is 0 Å². The number of rotatable bonds is 7. The molecule has 1 nitrogen and oxygen atoms in total. The van der Waals surface area contributed by atoms with Gasteiger partial charge in [0.1, 0.15) is 0 Å². The Bertz CT molecular complexity index is 493. The highest BCUT2D eigenvalue weighted by Crippen LogP contribution is 2.22. The Hall–Kier alpha value is -1.31. The number of benzene rings is 2. The fraction of sp³-hybridized carbons (Fsp3) is 0.333. The lowest BCUT2D eigenvalue weighted by Gasteiger charge is -2.18. The second kappa shape index (κ2) is 8.08. The van der Waals surface area contributed by atoms with Gasteiger partial charge in [-0.15, -0.1) is 0 Å². The van der Waals surface area contributed by atoms with Gasteiger partial charge in [0.05, 0.1) is 0 Å². The summed E-state index contributed by atoms with van der Waals surface area (Å²) < 4.78 is 0. The topological polar surface area (TPSA) is 12.0 Å². The van der Waals surface area contributed by atoms with Gasteiger partial charge in [0, 0.05) is 17.5 Å². The molecule has 0 radical (unpaired) electrons. The van der Waals surface area contributed by atoms with Crippen molar-refractivity contribution in [3.8, 4) is 0 Å². The summed E-state index contributed by atoms with van der Waals surface area (Å²) in [7, 11) is 0. The molecule has 0 amide bonds. The van der Waals surface area contributed by atoms with Crippen molar-refractivity contribution < 1.29 is 0 Å². The molecule has 0 saturated carbocycles. The molecule has 2 aromatic rings. The molecule has 0 saturated heterocycles. The fourth-order valence-corrected chi connectivity index (χ4v) is 2.52. The van der Waals surface area contributed by atoms with E-state index in [1.807, 2.05) is 12.1 Å². The standard InChI is InChI=1S/C18H22ClN/c1-2-12-20-14-17(13-15-6-4-3-5-7-15)16-8-10-18(19)11-9-16/h3-11,17,20H,2,12-14H2,1H3. The minimum absolute atomic E-state index is 0.487. The molecule has 20 heavy (non-hydrogen) atoms. The summed E-state index contributed by atoms with van der Waals surface area (Å²) in [6.07, 6.45) is 2.22. The van der Waals surface area contributed by atoms with Crippen LogP contribution in [0.4, 0.5) is 0 Å². The summed E-state index contributed by atoms with van der Waals surface area (Å²) in [6, 6.07) is 18.9. The van der Waals surface area contributed by atoms with Gasteiger partial charge >= 0.3 is 0 Å². The fourth-order valence-electron chi connectivity index (χ4n) is 2.39. The molecule has 2 rings (SSSR count). The van der Waals surface area contributed by atoms with E-state index in [1.54, 1.807) is 0 Å². The maximum absolute atomic E-state index is 5.99. The van der Waals surface area contributed by atoms with Crippen LogP contribution in [0.3, 0.4) is 0 Å². The number of nitrogens with one attached hydrogen (secondary N) is 1. The van der Waals surface area contributed by atoms with Crippen LogP contribution in [0.1, 0.15) is 30.4 Å². The number of hydrogen-bond donors (Lipinski definition) is 1. The smallest absolute Gasteiger partial charge is 0.0406 e. The Morgan fingerprint density at radius 3 is 2.35 bits per heavy atom. The van der Waals surface area contributed by atoms with E-state index in [0.717, 1.165) is 24.5 Å². The van der Waals surface area contributed by atoms with E-state index >= 15 is 0 Å². The van der Waals surface area contributed by atoms with Crippen LogP contribution >= 0.6 is 11.6 Å². The average Bonchev–Trinajstić information content (AvgIpc) is 2.48. The third kappa shape index (κ3) is 4.66. The number of hydrogen-bond acceptors (Lipinski definition) is 1. The lowest BCUT2D eigenvalue weighted by molar-refractivity contribution is 0.576. The summed E-state index contributed by atoms with van der Waals surface area (Å²) in [5, 5.41) is 4.34. The van der Waals surface area contributed by atoms with Crippen LogP contribution in [0.25, 0.3) is 0 Å². The van der Waals surface area contributed by atoms with Crippen molar-refractivity contribution in [1.82, 2.24) is 5.32 Å². The van der Waals surface area contributed by atoms with E-state index in [0.29, 0.717) is 5.92 Å². The van der Waals surface area contributed by atoms with Gasteiger partial charge in [-0.25, -0.2) is 0 Å². The first-order chi connectivity index (χ1) is 9.79. The molecule has 0 bridgehead atoms. The highest BCUT2D eigenvalue weighted by molar-refractivity contribution is 6.30. The molecular formula is C18H22ClN. The maximum atomic E-state index is 5.99. The van der Waals surface area contributed by atoms with Gasteiger partial charge in [-0.05, 0) is 42.6 Å². The largest absolute Gasteiger partial charge is 0.316 e. The predicted molar refractivity (Wildman–Crippen MR) is 87.5 cm³/mol. The van der Waals surface area contributed by atoms with Gasteiger partial charge in [-0.3, -0.25) is 0 Å². The highest BCUT2D eigenvalue weighted by Gasteiger charge is 2.12. The zero-order chi connectivity index (χ0) is 14.2. The molecule has 1 unspecified atom stereocenters. The molecule has 2 heteroatoms. The lowest BCUT2D eigenvalue weighted by Crippen LogP contribution is -2.23. The quantitative estimate of drug-likeness (QED) is 0.730. The Labute approximate surface area is 127 Å². The maximum Gasteiger partial charge on any atom is 0.0406 e. The van der Waals surface area contributed by atoms with Gasteiger partial charge in [0.15, 0.2) is 0 Å². The first-order valence-corrected chi connectivity index (χ1v) is 7.67. The molecule has 2 aromatic carbocycles. The zero-order valence-corrected chi connectivity index (χ0v) is 12.7. The van der Waals surface area contributed by atoms with E-state index in [4.69, 9.17) is 11.6 Å². The van der Waals surface area contributed by atoms with Crippen molar-refractivity contribution in [3.05, 3.63) is 70.7 Å². The van der Waals surface area contributed by atoms with Crippen LogP contribution in [0, 0.1) is 0 Å². The van der Waals surface area contributed by atoms with Gasteiger partial charge in [-0.2, -0.15) is 0 Å². The monoisotopic (exact) mass is 287 g/mol. The van der Waals surface area contributed by atoms with Gasteiger partial charge < -0.3 is 5.32 Å². The predicted octanol–water partition coefficient (Wildman–Crippen LogP) is 4.67. The Morgan fingerprint density at radius 1 is 1.00 bits per heavy atom. The first kappa shape index (κ1) is 15.1. The summed E-state index contributed by atoms with van der Waals surface area (Å²) in [5.41, 5.74) is 2.73. The molecule has 0 aliphatic carbocycles. The van der Waals surface area contributed by atoms with Crippen LogP contribution in [0.15, 0.2) is 54.6 Å². The van der Waals surface area contributed by atoms with Crippen molar-refractivity contribution in [3.63, 3.8) is 0 Å². The Balaban J connectivity index is 2.09. The molecular weight excluding hydrogens is 266 g/mol. The van der Waals surface area contributed by atoms with E-state index in [9.17, 15) is 0 Å². The first-order valence-electron chi connectivity index (χ1n) is 7.29. The molecule has 0 heterocycles. The van der Waals surface area contributed by atoms with Gasteiger partial charge in [0.25, 0.3) is 0 Å².